The lowest BCUT2D eigenvalue weighted by Gasteiger charge is -2.10. The molecular weight excluding hydrogens is 412 g/mol. The third kappa shape index (κ3) is 4.95. The number of pyridine rings is 1. The summed E-state index contributed by atoms with van der Waals surface area (Å²) in [4.78, 5) is 31.9. The lowest BCUT2D eigenvalue weighted by Crippen LogP contribution is -2.24. The van der Waals surface area contributed by atoms with Gasteiger partial charge in [-0.25, -0.2) is 0 Å². The van der Waals surface area contributed by atoms with Gasteiger partial charge in [-0.1, -0.05) is 30.3 Å². The van der Waals surface area contributed by atoms with Crippen molar-refractivity contribution in [3.8, 4) is 11.3 Å². The van der Waals surface area contributed by atoms with Gasteiger partial charge in [0.25, 0.3) is 5.91 Å². The van der Waals surface area contributed by atoms with Gasteiger partial charge < -0.3 is 15.6 Å². The number of aromatic amines is 1. The predicted molar refractivity (Wildman–Crippen MR) is 131 cm³/mol. The van der Waals surface area contributed by atoms with E-state index < -0.39 is 0 Å². The minimum Gasteiger partial charge on any atom is -0.358 e. The highest BCUT2D eigenvalue weighted by molar-refractivity contribution is 5.95. The number of benzene rings is 2. The number of carbonyl (C=O) groups excluding carboxylic acids is 2. The van der Waals surface area contributed by atoms with Gasteiger partial charge in [-0.05, 0) is 61.7 Å². The lowest BCUT2D eigenvalue weighted by atomic mass is 10.1. The molecule has 168 valence electrons. The monoisotopic (exact) mass is 440 g/mol. The number of H-pyrrole nitrogens is 1. The van der Waals surface area contributed by atoms with Gasteiger partial charge in [0, 0.05) is 42.2 Å². The van der Waals surface area contributed by atoms with Crippen molar-refractivity contribution in [3.63, 3.8) is 0 Å². The van der Waals surface area contributed by atoms with Crippen LogP contribution in [0.1, 0.15) is 45.4 Å². The van der Waals surface area contributed by atoms with E-state index in [1.807, 2.05) is 49.4 Å². The second kappa shape index (κ2) is 9.28. The van der Waals surface area contributed by atoms with Crippen molar-refractivity contribution in [1.29, 1.82) is 0 Å². The van der Waals surface area contributed by atoms with Crippen LogP contribution in [0.5, 0.6) is 0 Å². The molecule has 2 aromatic heterocycles. The van der Waals surface area contributed by atoms with Crippen molar-refractivity contribution in [3.05, 3.63) is 88.2 Å². The first kappa shape index (κ1) is 22.3. The number of hydrogen-bond acceptors (Lipinski definition) is 3. The zero-order valence-electron chi connectivity index (χ0n) is 19.4. The maximum absolute atomic E-state index is 12.8. The number of nitrogens with zero attached hydrogens (tertiary/aromatic N) is 1. The quantitative estimate of drug-likeness (QED) is 0.405. The molecule has 0 spiro atoms. The van der Waals surface area contributed by atoms with E-state index in [1.54, 1.807) is 0 Å². The number of fused-ring (bicyclic) bond motifs is 1. The standard InChI is InChI=1S/C27H28N4O2/c1-16-17(2)30-26-11-7-21(13-24(16)26)15-29-27(33)23-10-12-25(31-18(23)3)22-8-5-20(6-9-22)14-28-19(4)32/h5-13,30H,14-15H2,1-4H3,(H,28,32)(H,29,33). The van der Waals surface area contributed by atoms with E-state index in [1.165, 1.54) is 17.9 Å². The molecule has 4 aromatic rings. The Morgan fingerprint density at radius 2 is 1.58 bits per heavy atom. The van der Waals surface area contributed by atoms with E-state index in [-0.39, 0.29) is 11.8 Å². The van der Waals surface area contributed by atoms with Crippen molar-refractivity contribution in [2.24, 2.45) is 0 Å². The Labute approximate surface area is 193 Å². The fraction of sp³-hybridized carbons (Fsp3) is 0.222. The Morgan fingerprint density at radius 3 is 2.27 bits per heavy atom. The summed E-state index contributed by atoms with van der Waals surface area (Å²) in [5, 5.41) is 6.98. The molecule has 6 heteroatoms. The van der Waals surface area contributed by atoms with Crippen LogP contribution < -0.4 is 10.6 Å². The maximum atomic E-state index is 12.8. The van der Waals surface area contributed by atoms with Crippen LogP contribution in [0.2, 0.25) is 0 Å². The molecule has 0 saturated heterocycles. The second-order valence-corrected chi connectivity index (χ2v) is 8.37. The molecule has 2 amide bonds. The Bertz CT molecular complexity index is 1340. The fourth-order valence-corrected chi connectivity index (χ4v) is 3.88. The molecule has 0 atom stereocenters. The van der Waals surface area contributed by atoms with Crippen molar-refractivity contribution in [2.45, 2.75) is 40.8 Å². The third-order valence-electron chi connectivity index (χ3n) is 5.95. The summed E-state index contributed by atoms with van der Waals surface area (Å²) in [7, 11) is 0. The van der Waals surface area contributed by atoms with Crippen LogP contribution in [-0.4, -0.2) is 21.8 Å². The molecule has 0 aliphatic carbocycles. The maximum Gasteiger partial charge on any atom is 0.253 e. The Hall–Kier alpha value is -3.93. The summed E-state index contributed by atoms with van der Waals surface area (Å²) in [6.07, 6.45) is 0. The molecule has 2 heterocycles. The largest absolute Gasteiger partial charge is 0.358 e. The van der Waals surface area contributed by atoms with Gasteiger partial charge in [0.2, 0.25) is 5.91 Å². The molecule has 0 saturated carbocycles. The van der Waals surface area contributed by atoms with Gasteiger partial charge in [-0.3, -0.25) is 14.6 Å². The minimum atomic E-state index is -0.140. The zero-order chi connectivity index (χ0) is 23.5. The number of hydrogen-bond donors (Lipinski definition) is 3. The average Bonchev–Trinajstić information content (AvgIpc) is 3.09. The smallest absolute Gasteiger partial charge is 0.253 e. The summed E-state index contributed by atoms with van der Waals surface area (Å²) in [6.45, 7) is 8.47. The van der Waals surface area contributed by atoms with Gasteiger partial charge in [-0.15, -0.1) is 0 Å². The van der Waals surface area contributed by atoms with Crippen LogP contribution in [0.25, 0.3) is 22.2 Å². The van der Waals surface area contributed by atoms with Gasteiger partial charge in [-0.2, -0.15) is 0 Å². The molecule has 33 heavy (non-hydrogen) atoms. The van der Waals surface area contributed by atoms with Crippen molar-refractivity contribution in [2.75, 3.05) is 0 Å². The number of carbonyl (C=O) groups is 2. The highest BCUT2D eigenvalue weighted by Gasteiger charge is 2.12. The van der Waals surface area contributed by atoms with E-state index in [0.717, 1.165) is 33.6 Å². The predicted octanol–water partition coefficient (Wildman–Crippen LogP) is 4.72. The Balaban J connectivity index is 1.43. The minimum absolute atomic E-state index is 0.0551. The first-order valence-electron chi connectivity index (χ1n) is 11.0. The molecule has 3 N–H and O–H groups in total. The van der Waals surface area contributed by atoms with Crippen molar-refractivity contribution < 1.29 is 9.59 Å². The molecule has 4 rings (SSSR count). The molecule has 0 bridgehead atoms. The van der Waals surface area contributed by atoms with Crippen LogP contribution in [0, 0.1) is 20.8 Å². The number of rotatable bonds is 6. The molecule has 0 fully saturated rings. The van der Waals surface area contributed by atoms with Crippen LogP contribution in [-0.2, 0) is 17.9 Å². The highest BCUT2D eigenvalue weighted by Crippen LogP contribution is 2.23. The van der Waals surface area contributed by atoms with E-state index >= 15 is 0 Å². The number of amides is 2. The first-order valence-corrected chi connectivity index (χ1v) is 11.0. The van der Waals surface area contributed by atoms with Crippen molar-refractivity contribution >= 4 is 22.7 Å². The molecule has 6 nitrogen and oxygen atoms in total. The highest BCUT2D eigenvalue weighted by atomic mass is 16.2. The van der Waals surface area contributed by atoms with Gasteiger partial charge in [0.1, 0.15) is 0 Å². The third-order valence-corrected chi connectivity index (χ3v) is 5.95. The Kier molecular flexibility index (Phi) is 6.27. The molecular formula is C27H28N4O2. The van der Waals surface area contributed by atoms with Crippen LogP contribution >= 0.6 is 0 Å². The molecule has 2 aromatic carbocycles. The van der Waals surface area contributed by atoms with Gasteiger partial charge >= 0.3 is 0 Å². The topological polar surface area (TPSA) is 86.9 Å². The van der Waals surface area contributed by atoms with E-state index in [4.69, 9.17) is 0 Å². The van der Waals surface area contributed by atoms with Crippen molar-refractivity contribution in [1.82, 2.24) is 20.6 Å². The summed E-state index contributed by atoms with van der Waals surface area (Å²) in [5.74, 6) is -0.195. The fourth-order valence-electron chi connectivity index (χ4n) is 3.88. The molecule has 0 aliphatic heterocycles. The summed E-state index contributed by atoms with van der Waals surface area (Å²) < 4.78 is 0. The summed E-state index contributed by atoms with van der Waals surface area (Å²) >= 11 is 0. The average molecular weight is 441 g/mol. The Morgan fingerprint density at radius 1 is 0.879 bits per heavy atom. The molecule has 0 radical (unpaired) electrons. The first-order chi connectivity index (χ1) is 15.8. The second-order valence-electron chi connectivity index (χ2n) is 8.37. The van der Waals surface area contributed by atoms with Crippen LogP contribution in [0.15, 0.2) is 54.6 Å². The van der Waals surface area contributed by atoms with E-state index in [0.29, 0.717) is 24.3 Å². The summed E-state index contributed by atoms with van der Waals surface area (Å²) in [6, 6.07) is 17.8. The molecule has 0 aliphatic rings. The van der Waals surface area contributed by atoms with Crippen LogP contribution in [0.3, 0.4) is 0 Å². The van der Waals surface area contributed by atoms with Crippen LogP contribution in [0.4, 0.5) is 0 Å². The van der Waals surface area contributed by atoms with E-state index in [9.17, 15) is 9.59 Å². The number of aryl methyl sites for hydroxylation is 3. The summed E-state index contributed by atoms with van der Waals surface area (Å²) in [5.41, 5.74) is 8.59. The van der Waals surface area contributed by atoms with E-state index in [2.05, 4.69) is 46.6 Å². The normalized spacial score (nSPS) is 10.9. The number of aromatic nitrogens is 2. The molecule has 0 unspecified atom stereocenters. The lowest BCUT2D eigenvalue weighted by molar-refractivity contribution is -0.119. The van der Waals surface area contributed by atoms with Gasteiger partial charge in [0.05, 0.1) is 17.0 Å². The number of nitrogens with one attached hydrogen (secondary N) is 3. The zero-order valence-corrected chi connectivity index (χ0v) is 19.4. The SMILES string of the molecule is CC(=O)NCc1ccc(-c2ccc(C(=O)NCc3ccc4[nH]c(C)c(C)c4c3)c(C)n2)cc1. The van der Waals surface area contributed by atoms with Gasteiger partial charge in [0.15, 0.2) is 0 Å².